The molecule has 1 aliphatic heterocycles. The summed E-state index contributed by atoms with van der Waals surface area (Å²) in [5.74, 6) is -0.224. The second kappa shape index (κ2) is 10.4. The Morgan fingerprint density at radius 3 is 2.26 bits per heavy atom. The van der Waals surface area contributed by atoms with Crippen molar-refractivity contribution in [3.05, 3.63) is 64.2 Å². The van der Waals surface area contributed by atoms with Crippen molar-refractivity contribution >= 4 is 17.6 Å². The van der Waals surface area contributed by atoms with E-state index in [1.807, 2.05) is 32.9 Å². The predicted octanol–water partition coefficient (Wildman–Crippen LogP) is 3.82. The predicted molar refractivity (Wildman–Crippen MR) is 125 cm³/mol. The molecule has 1 aliphatic rings. The van der Waals surface area contributed by atoms with Gasteiger partial charge in [-0.15, -0.1) is 0 Å². The summed E-state index contributed by atoms with van der Waals surface area (Å²) in [5, 5.41) is 8.60. The second-order valence-electron chi connectivity index (χ2n) is 8.63. The van der Waals surface area contributed by atoms with E-state index in [0.29, 0.717) is 0 Å². The van der Waals surface area contributed by atoms with E-state index in [4.69, 9.17) is 0 Å². The largest absolute Gasteiger partial charge is 0.335 e. The van der Waals surface area contributed by atoms with E-state index in [1.54, 1.807) is 0 Å². The summed E-state index contributed by atoms with van der Waals surface area (Å²) in [6.07, 6.45) is 1.82. The van der Waals surface area contributed by atoms with Crippen LogP contribution in [0, 0.1) is 27.7 Å². The van der Waals surface area contributed by atoms with E-state index in [-0.39, 0.29) is 24.5 Å². The molecule has 2 aromatic carbocycles. The minimum atomic E-state index is -0.287. The number of carbonyl (C=O) groups excluding carboxylic acids is 2. The van der Waals surface area contributed by atoms with Crippen molar-refractivity contribution in [3.63, 3.8) is 0 Å². The Bertz CT molecular complexity index is 910. The number of nitrogens with zero attached hydrogens (tertiary/aromatic N) is 1. The van der Waals surface area contributed by atoms with Crippen molar-refractivity contribution in [3.8, 4) is 0 Å². The zero-order chi connectivity index (χ0) is 22.4. The summed E-state index contributed by atoms with van der Waals surface area (Å²) in [7, 11) is 0. The van der Waals surface area contributed by atoms with Crippen molar-refractivity contribution < 1.29 is 9.59 Å². The normalized spacial score (nSPS) is 14.8. The molecule has 1 saturated heterocycles. The highest BCUT2D eigenvalue weighted by atomic mass is 16.2. The second-order valence-corrected chi connectivity index (χ2v) is 8.63. The molecule has 0 radical (unpaired) electrons. The molecule has 0 saturated carbocycles. The number of hydrogen-bond donors (Lipinski definition) is 3. The van der Waals surface area contributed by atoms with E-state index in [9.17, 15) is 9.59 Å². The Balaban J connectivity index is 1.39. The van der Waals surface area contributed by atoms with Crippen LogP contribution in [-0.4, -0.2) is 42.5 Å². The molecule has 6 nitrogen and oxygen atoms in total. The summed E-state index contributed by atoms with van der Waals surface area (Å²) in [4.78, 5) is 27.0. The molecule has 2 aromatic rings. The monoisotopic (exact) mass is 422 g/mol. The van der Waals surface area contributed by atoms with Crippen LogP contribution in [0.25, 0.3) is 0 Å². The summed E-state index contributed by atoms with van der Waals surface area (Å²) in [5.41, 5.74) is 6.70. The number of rotatable bonds is 6. The molecule has 1 heterocycles. The fourth-order valence-corrected chi connectivity index (χ4v) is 4.22. The molecule has 3 amide bonds. The zero-order valence-corrected chi connectivity index (χ0v) is 19.0. The fourth-order valence-electron chi connectivity index (χ4n) is 4.22. The SMILES string of the molecule is Cc1cc(C)c(NC(=O)CNC(=O)NC2CCN(Cc3ccccc3C)CC2)c(C)c1. The van der Waals surface area contributed by atoms with Gasteiger partial charge in [0.15, 0.2) is 0 Å². The lowest BCUT2D eigenvalue weighted by atomic mass is 10.0. The lowest BCUT2D eigenvalue weighted by Gasteiger charge is -2.32. The van der Waals surface area contributed by atoms with Crippen LogP contribution in [0.3, 0.4) is 0 Å². The maximum absolute atomic E-state index is 12.3. The van der Waals surface area contributed by atoms with Crippen LogP contribution < -0.4 is 16.0 Å². The van der Waals surface area contributed by atoms with Crippen molar-refractivity contribution in [2.45, 2.75) is 53.1 Å². The van der Waals surface area contributed by atoms with Crippen LogP contribution in [0.2, 0.25) is 0 Å². The van der Waals surface area contributed by atoms with Gasteiger partial charge in [0.25, 0.3) is 0 Å². The third-order valence-electron chi connectivity index (χ3n) is 5.93. The highest BCUT2D eigenvalue weighted by Gasteiger charge is 2.21. The van der Waals surface area contributed by atoms with E-state index in [1.165, 1.54) is 11.1 Å². The Labute approximate surface area is 185 Å². The van der Waals surface area contributed by atoms with Gasteiger partial charge in [-0.2, -0.15) is 0 Å². The molecular formula is C25H34N4O2. The number of hydrogen-bond acceptors (Lipinski definition) is 3. The Morgan fingerprint density at radius 1 is 0.968 bits per heavy atom. The van der Waals surface area contributed by atoms with Gasteiger partial charge in [-0.05, 0) is 62.8 Å². The number of amides is 3. The molecule has 1 fully saturated rings. The van der Waals surface area contributed by atoms with Crippen LogP contribution in [0.5, 0.6) is 0 Å². The zero-order valence-electron chi connectivity index (χ0n) is 19.0. The van der Waals surface area contributed by atoms with Gasteiger partial charge in [0.2, 0.25) is 5.91 Å². The maximum Gasteiger partial charge on any atom is 0.315 e. The van der Waals surface area contributed by atoms with Gasteiger partial charge in [0, 0.05) is 31.4 Å². The molecule has 166 valence electrons. The lowest BCUT2D eigenvalue weighted by Crippen LogP contribution is -2.48. The molecule has 0 aromatic heterocycles. The smallest absolute Gasteiger partial charge is 0.315 e. The van der Waals surface area contributed by atoms with Gasteiger partial charge < -0.3 is 16.0 Å². The van der Waals surface area contributed by atoms with Crippen molar-refractivity contribution in [2.24, 2.45) is 0 Å². The topological polar surface area (TPSA) is 73.5 Å². The van der Waals surface area contributed by atoms with Gasteiger partial charge in [-0.3, -0.25) is 9.69 Å². The molecule has 6 heteroatoms. The molecular weight excluding hydrogens is 388 g/mol. The number of carbonyl (C=O) groups is 2. The third-order valence-corrected chi connectivity index (χ3v) is 5.93. The van der Waals surface area contributed by atoms with Crippen LogP contribution in [-0.2, 0) is 11.3 Å². The number of piperidine rings is 1. The number of nitrogens with one attached hydrogen (secondary N) is 3. The van der Waals surface area contributed by atoms with E-state index < -0.39 is 0 Å². The highest BCUT2D eigenvalue weighted by molar-refractivity contribution is 5.95. The summed E-state index contributed by atoms with van der Waals surface area (Å²) in [6.45, 7) is 10.9. The van der Waals surface area contributed by atoms with Gasteiger partial charge in [0.05, 0.1) is 6.54 Å². The van der Waals surface area contributed by atoms with Crippen molar-refractivity contribution in [1.29, 1.82) is 0 Å². The van der Waals surface area contributed by atoms with E-state index >= 15 is 0 Å². The first kappa shape index (κ1) is 22.8. The van der Waals surface area contributed by atoms with Gasteiger partial charge in [0.1, 0.15) is 0 Å². The standard InChI is InChI=1S/C25H34N4O2/c1-17-13-19(3)24(20(4)14-17)28-23(30)15-26-25(31)27-22-9-11-29(12-10-22)16-21-8-6-5-7-18(21)2/h5-8,13-14,22H,9-12,15-16H2,1-4H3,(H,28,30)(H2,26,27,31). The van der Waals surface area contributed by atoms with Crippen molar-refractivity contribution in [1.82, 2.24) is 15.5 Å². The molecule has 0 unspecified atom stereocenters. The summed E-state index contributed by atoms with van der Waals surface area (Å²) in [6, 6.07) is 12.4. The fraction of sp³-hybridized carbons (Fsp3) is 0.440. The first-order chi connectivity index (χ1) is 14.8. The summed E-state index contributed by atoms with van der Waals surface area (Å²) >= 11 is 0. The number of aryl methyl sites for hydroxylation is 4. The average molecular weight is 423 g/mol. The minimum absolute atomic E-state index is 0.0509. The molecule has 3 N–H and O–H groups in total. The molecule has 0 atom stereocenters. The van der Waals surface area contributed by atoms with E-state index in [0.717, 1.165) is 54.9 Å². The van der Waals surface area contributed by atoms with Gasteiger partial charge in [-0.1, -0.05) is 42.0 Å². The molecule has 0 bridgehead atoms. The number of anilines is 1. The Hall–Kier alpha value is -2.86. The summed E-state index contributed by atoms with van der Waals surface area (Å²) < 4.78 is 0. The molecule has 0 spiro atoms. The quantitative estimate of drug-likeness (QED) is 0.663. The average Bonchev–Trinajstić information content (AvgIpc) is 2.72. The van der Waals surface area contributed by atoms with Crippen LogP contribution in [0.1, 0.15) is 40.7 Å². The Morgan fingerprint density at radius 2 is 1.61 bits per heavy atom. The lowest BCUT2D eigenvalue weighted by molar-refractivity contribution is -0.115. The van der Waals surface area contributed by atoms with E-state index in [2.05, 4.69) is 52.0 Å². The van der Waals surface area contributed by atoms with Crippen LogP contribution >= 0.6 is 0 Å². The highest BCUT2D eigenvalue weighted by Crippen LogP contribution is 2.21. The van der Waals surface area contributed by atoms with Gasteiger partial charge >= 0.3 is 6.03 Å². The number of benzene rings is 2. The molecule has 31 heavy (non-hydrogen) atoms. The number of urea groups is 1. The van der Waals surface area contributed by atoms with Gasteiger partial charge in [-0.25, -0.2) is 4.79 Å². The first-order valence-electron chi connectivity index (χ1n) is 11.0. The van der Waals surface area contributed by atoms with Crippen LogP contribution in [0.15, 0.2) is 36.4 Å². The van der Waals surface area contributed by atoms with Crippen molar-refractivity contribution in [2.75, 3.05) is 25.0 Å². The number of likely N-dealkylation sites (tertiary alicyclic amines) is 1. The maximum atomic E-state index is 12.3. The third kappa shape index (κ3) is 6.56. The Kier molecular flexibility index (Phi) is 7.69. The first-order valence-corrected chi connectivity index (χ1v) is 11.0. The molecule has 3 rings (SSSR count). The molecule has 0 aliphatic carbocycles. The van der Waals surface area contributed by atoms with Crippen LogP contribution in [0.4, 0.5) is 10.5 Å². The minimum Gasteiger partial charge on any atom is -0.335 e.